The van der Waals surface area contributed by atoms with Crippen LogP contribution in [0.25, 0.3) is 10.8 Å². The predicted octanol–water partition coefficient (Wildman–Crippen LogP) is 6.71. The maximum Gasteiger partial charge on any atom is 0.182 e. The van der Waals surface area contributed by atoms with Gasteiger partial charge < -0.3 is 9.45 Å². The van der Waals surface area contributed by atoms with E-state index in [9.17, 15) is 4.55 Å². The lowest BCUT2D eigenvalue weighted by Gasteiger charge is -2.34. The number of benzene rings is 4. The van der Waals surface area contributed by atoms with Crippen LogP contribution >= 0.6 is 0 Å². The first-order chi connectivity index (χ1) is 13.5. The Morgan fingerprint density at radius 3 is 1.96 bits per heavy atom. The topological polar surface area (TPSA) is 26.3 Å². The lowest BCUT2D eigenvalue weighted by molar-refractivity contribution is 0.593. The molecule has 0 aliphatic carbocycles. The first kappa shape index (κ1) is 17.4. The molecule has 0 saturated carbocycles. The van der Waals surface area contributed by atoms with Gasteiger partial charge in [0.25, 0.3) is 0 Å². The summed E-state index contributed by atoms with van der Waals surface area (Å²) >= 11 is -1.19. The minimum atomic E-state index is -1.19. The van der Waals surface area contributed by atoms with Crippen molar-refractivity contribution in [1.82, 2.24) is 0 Å². The smallest absolute Gasteiger partial charge is 0.182 e. The largest absolute Gasteiger partial charge is 0.606 e. The Balaban J connectivity index is 1.89. The van der Waals surface area contributed by atoms with Gasteiger partial charge in [-0.2, -0.15) is 0 Å². The standard InChI is InChI=1S/C25H21NOS/c1-16-8-12-21-23(14-16)28(27)24-15-17(2)9-13-22(24)26(21)25-18(3)10-11-19-6-4-5-7-20(19)25/h4-15H,1-3H3. The highest BCUT2D eigenvalue weighted by atomic mass is 32.2. The minimum Gasteiger partial charge on any atom is -0.606 e. The molecule has 0 radical (unpaired) electrons. The van der Waals surface area contributed by atoms with E-state index in [0.717, 1.165) is 38.0 Å². The summed E-state index contributed by atoms with van der Waals surface area (Å²) in [5.74, 6) is 0. The van der Waals surface area contributed by atoms with Gasteiger partial charge in [-0.05, 0) is 67.1 Å². The van der Waals surface area contributed by atoms with Gasteiger partial charge in [0.05, 0.1) is 5.69 Å². The van der Waals surface area contributed by atoms with Crippen LogP contribution < -0.4 is 4.90 Å². The molecule has 1 heterocycles. The van der Waals surface area contributed by atoms with Gasteiger partial charge in [0, 0.05) is 16.6 Å². The van der Waals surface area contributed by atoms with E-state index in [1.165, 1.54) is 16.3 Å². The Hall–Kier alpha value is -2.75. The summed E-state index contributed by atoms with van der Waals surface area (Å²) in [4.78, 5) is 4.05. The molecule has 2 nitrogen and oxygen atoms in total. The Morgan fingerprint density at radius 2 is 1.32 bits per heavy atom. The van der Waals surface area contributed by atoms with Crippen molar-refractivity contribution in [3.05, 3.63) is 89.5 Å². The zero-order chi connectivity index (χ0) is 19.4. The molecule has 0 bridgehead atoms. The summed E-state index contributed by atoms with van der Waals surface area (Å²) in [6, 6.07) is 25.3. The molecule has 4 aromatic carbocycles. The van der Waals surface area contributed by atoms with Crippen LogP contribution in [0.4, 0.5) is 17.1 Å². The Labute approximate surface area is 168 Å². The number of aryl methyl sites for hydroxylation is 3. The molecule has 0 aromatic heterocycles. The highest BCUT2D eigenvalue weighted by Crippen LogP contribution is 2.50. The fraction of sp³-hybridized carbons (Fsp3) is 0.120. The zero-order valence-corrected chi connectivity index (χ0v) is 17.0. The van der Waals surface area contributed by atoms with E-state index < -0.39 is 11.2 Å². The van der Waals surface area contributed by atoms with Gasteiger partial charge in [0.1, 0.15) is 11.4 Å². The second-order valence-corrected chi connectivity index (χ2v) is 8.92. The molecular formula is C25H21NOS. The third kappa shape index (κ3) is 2.55. The van der Waals surface area contributed by atoms with Crippen molar-refractivity contribution in [2.45, 2.75) is 30.6 Å². The van der Waals surface area contributed by atoms with E-state index in [0.29, 0.717) is 0 Å². The summed E-state index contributed by atoms with van der Waals surface area (Å²) < 4.78 is 13.4. The van der Waals surface area contributed by atoms with Crippen molar-refractivity contribution in [2.75, 3.05) is 4.90 Å². The van der Waals surface area contributed by atoms with Gasteiger partial charge >= 0.3 is 0 Å². The molecule has 4 aromatic rings. The first-order valence-corrected chi connectivity index (χ1v) is 10.6. The molecule has 0 atom stereocenters. The number of anilines is 3. The Morgan fingerprint density at radius 1 is 0.714 bits per heavy atom. The first-order valence-electron chi connectivity index (χ1n) is 9.46. The maximum absolute atomic E-state index is 13.4. The number of hydrogen-bond acceptors (Lipinski definition) is 2. The third-order valence-electron chi connectivity index (χ3n) is 5.44. The van der Waals surface area contributed by atoms with Crippen molar-refractivity contribution in [1.29, 1.82) is 0 Å². The molecule has 0 amide bonds. The monoisotopic (exact) mass is 383 g/mol. The quantitative estimate of drug-likeness (QED) is 0.341. The molecule has 1 aliphatic rings. The number of fused-ring (bicyclic) bond motifs is 3. The van der Waals surface area contributed by atoms with Crippen LogP contribution in [-0.2, 0) is 11.2 Å². The summed E-state index contributed by atoms with van der Waals surface area (Å²) in [5.41, 5.74) is 6.60. The Bertz CT molecular complexity index is 1180. The lowest BCUT2D eigenvalue weighted by Crippen LogP contribution is -2.23. The van der Waals surface area contributed by atoms with Crippen LogP contribution in [0.15, 0.2) is 82.6 Å². The number of hydrogen-bond donors (Lipinski definition) is 0. The maximum atomic E-state index is 13.4. The van der Waals surface area contributed by atoms with E-state index in [2.05, 4.69) is 98.5 Å². The van der Waals surface area contributed by atoms with Crippen molar-refractivity contribution < 1.29 is 4.55 Å². The van der Waals surface area contributed by atoms with Crippen molar-refractivity contribution in [3.8, 4) is 0 Å². The normalized spacial score (nSPS) is 13.5. The van der Waals surface area contributed by atoms with Crippen molar-refractivity contribution in [2.24, 2.45) is 0 Å². The highest BCUT2D eigenvalue weighted by molar-refractivity contribution is 7.92. The van der Waals surface area contributed by atoms with Crippen LogP contribution in [0, 0.1) is 20.8 Å². The second kappa shape index (κ2) is 6.40. The summed E-state index contributed by atoms with van der Waals surface area (Å²) in [6.07, 6.45) is 0. The molecule has 0 unspecified atom stereocenters. The predicted molar refractivity (Wildman–Crippen MR) is 118 cm³/mol. The second-order valence-electron chi connectivity index (χ2n) is 7.50. The van der Waals surface area contributed by atoms with E-state index in [4.69, 9.17) is 0 Å². The highest BCUT2D eigenvalue weighted by Gasteiger charge is 2.35. The average molecular weight is 384 g/mol. The fourth-order valence-corrected chi connectivity index (χ4v) is 5.58. The molecule has 1 aliphatic heterocycles. The molecule has 138 valence electrons. The average Bonchev–Trinajstić information content (AvgIpc) is 2.70. The molecule has 0 N–H and O–H groups in total. The molecule has 5 rings (SSSR count). The van der Waals surface area contributed by atoms with Crippen LogP contribution in [0.2, 0.25) is 0 Å². The van der Waals surface area contributed by atoms with Gasteiger partial charge in [0.15, 0.2) is 9.79 Å². The van der Waals surface area contributed by atoms with E-state index in [1.807, 2.05) is 0 Å². The van der Waals surface area contributed by atoms with Gasteiger partial charge in [-0.3, -0.25) is 0 Å². The van der Waals surface area contributed by atoms with Gasteiger partial charge in [-0.1, -0.05) is 48.5 Å². The van der Waals surface area contributed by atoms with E-state index in [1.54, 1.807) is 0 Å². The van der Waals surface area contributed by atoms with Crippen LogP contribution in [0.1, 0.15) is 16.7 Å². The third-order valence-corrected chi connectivity index (χ3v) is 6.89. The summed E-state index contributed by atoms with van der Waals surface area (Å²) in [5, 5.41) is 2.41. The van der Waals surface area contributed by atoms with Crippen LogP contribution in [0.5, 0.6) is 0 Å². The Kier molecular flexibility index (Phi) is 3.97. The summed E-state index contributed by atoms with van der Waals surface area (Å²) in [7, 11) is 0. The van der Waals surface area contributed by atoms with Crippen LogP contribution in [0.3, 0.4) is 0 Å². The summed E-state index contributed by atoms with van der Waals surface area (Å²) in [6.45, 7) is 6.25. The van der Waals surface area contributed by atoms with Gasteiger partial charge in [-0.25, -0.2) is 0 Å². The molecule has 3 heteroatoms. The number of rotatable bonds is 1. The molecular weight excluding hydrogens is 362 g/mol. The van der Waals surface area contributed by atoms with Crippen molar-refractivity contribution in [3.63, 3.8) is 0 Å². The van der Waals surface area contributed by atoms with E-state index in [-0.39, 0.29) is 0 Å². The molecule has 0 spiro atoms. The number of nitrogens with zero attached hydrogens (tertiary/aromatic N) is 1. The van der Waals surface area contributed by atoms with Crippen molar-refractivity contribution >= 4 is 39.0 Å². The molecule has 28 heavy (non-hydrogen) atoms. The van der Waals surface area contributed by atoms with Gasteiger partial charge in [0.2, 0.25) is 0 Å². The van der Waals surface area contributed by atoms with Crippen LogP contribution in [-0.4, -0.2) is 4.55 Å². The van der Waals surface area contributed by atoms with E-state index >= 15 is 0 Å². The lowest BCUT2D eigenvalue weighted by atomic mass is 10.0. The molecule has 0 saturated heterocycles. The van der Waals surface area contributed by atoms with Gasteiger partial charge in [-0.15, -0.1) is 0 Å². The molecule has 0 fully saturated rings. The minimum absolute atomic E-state index is 0.880. The zero-order valence-electron chi connectivity index (χ0n) is 16.2. The SMILES string of the molecule is Cc1ccc2c(c1)[S+]([O-])c1cc(C)ccc1N2c1c(C)ccc2ccccc12. The fourth-order valence-electron chi connectivity index (χ4n) is 4.06.